The van der Waals surface area contributed by atoms with E-state index < -0.39 is 0 Å². The van der Waals surface area contributed by atoms with Gasteiger partial charge >= 0.3 is 0 Å². The minimum absolute atomic E-state index is 0.570. The fourth-order valence-corrected chi connectivity index (χ4v) is 4.04. The zero-order valence-electron chi connectivity index (χ0n) is 11.3. The molecular weight excluding hydrogens is 256 g/mol. The van der Waals surface area contributed by atoms with Gasteiger partial charge in [-0.25, -0.2) is 4.98 Å². The largest absolute Gasteiger partial charge is 0.431 e. The van der Waals surface area contributed by atoms with E-state index in [0.717, 1.165) is 16.3 Å². The molecule has 102 valence electrons. The summed E-state index contributed by atoms with van der Waals surface area (Å²) < 4.78 is 5.83. The lowest BCUT2D eigenvalue weighted by Gasteiger charge is -2.22. The van der Waals surface area contributed by atoms with Crippen LogP contribution in [-0.2, 0) is 0 Å². The fraction of sp³-hybridized carbons (Fsp3) is 0.533. The predicted octanol–water partition coefficient (Wildman–Crippen LogP) is 3.84. The van der Waals surface area contributed by atoms with Crippen molar-refractivity contribution in [1.82, 2.24) is 10.3 Å². The molecule has 19 heavy (non-hydrogen) atoms. The van der Waals surface area contributed by atoms with Crippen molar-refractivity contribution in [2.45, 2.75) is 48.6 Å². The second-order valence-electron chi connectivity index (χ2n) is 5.14. The molecule has 1 heterocycles. The average molecular weight is 276 g/mol. The highest BCUT2D eigenvalue weighted by atomic mass is 32.2. The summed E-state index contributed by atoms with van der Waals surface area (Å²) >= 11 is 1.80. The molecule has 1 aromatic carbocycles. The van der Waals surface area contributed by atoms with E-state index in [-0.39, 0.29) is 0 Å². The first-order valence-electron chi connectivity index (χ1n) is 7.06. The number of hydrogen-bond acceptors (Lipinski definition) is 4. The van der Waals surface area contributed by atoms with Gasteiger partial charge in [-0.3, -0.25) is 0 Å². The van der Waals surface area contributed by atoms with Gasteiger partial charge in [0.05, 0.1) is 0 Å². The summed E-state index contributed by atoms with van der Waals surface area (Å²) in [4.78, 5) is 4.57. The molecule has 2 unspecified atom stereocenters. The molecule has 0 radical (unpaired) electrons. The lowest BCUT2D eigenvalue weighted by atomic mass is 10.1. The van der Waals surface area contributed by atoms with Crippen molar-refractivity contribution in [1.29, 1.82) is 0 Å². The summed E-state index contributed by atoms with van der Waals surface area (Å²) in [5.74, 6) is 0. The molecule has 3 rings (SSSR count). The molecule has 0 amide bonds. The van der Waals surface area contributed by atoms with Gasteiger partial charge in [0.15, 0.2) is 5.58 Å². The first kappa shape index (κ1) is 13.0. The fourth-order valence-electron chi connectivity index (χ4n) is 2.78. The van der Waals surface area contributed by atoms with Crippen LogP contribution in [-0.4, -0.2) is 23.3 Å². The molecule has 1 fully saturated rings. The lowest BCUT2D eigenvalue weighted by molar-refractivity contribution is 0.475. The van der Waals surface area contributed by atoms with Gasteiger partial charge in [0.25, 0.3) is 5.22 Å². The van der Waals surface area contributed by atoms with E-state index in [1.807, 2.05) is 24.3 Å². The summed E-state index contributed by atoms with van der Waals surface area (Å²) in [6.07, 6.45) is 6.50. The molecule has 1 aliphatic rings. The highest BCUT2D eigenvalue weighted by molar-refractivity contribution is 7.99. The maximum atomic E-state index is 5.83. The molecule has 3 nitrogen and oxygen atoms in total. The van der Waals surface area contributed by atoms with Crippen molar-refractivity contribution in [3.8, 4) is 0 Å². The van der Waals surface area contributed by atoms with Gasteiger partial charge in [0.1, 0.15) is 5.52 Å². The number of oxazole rings is 1. The van der Waals surface area contributed by atoms with E-state index in [9.17, 15) is 0 Å². The Morgan fingerprint density at radius 2 is 2.05 bits per heavy atom. The molecule has 1 aliphatic carbocycles. The number of aromatic nitrogens is 1. The SMILES string of the molecule is CNC1CCCCCC1Sc1nc2ccccc2o1. The van der Waals surface area contributed by atoms with Gasteiger partial charge in [0.2, 0.25) is 0 Å². The third kappa shape index (κ3) is 2.95. The average Bonchev–Trinajstić information content (AvgIpc) is 2.70. The second-order valence-corrected chi connectivity index (χ2v) is 6.33. The molecule has 1 aromatic heterocycles. The van der Waals surface area contributed by atoms with Gasteiger partial charge in [-0.2, -0.15) is 0 Å². The monoisotopic (exact) mass is 276 g/mol. The standard InChI is InChI=1S/C15H20N2OS/c1-16-12-8-3-2-4-10-14(12)19-15-17-11-7-5-6-9-13(11)18-15/h5-7,9,12,14,16H,2-4,8,10H2,1H3. The predicted molar refractivity (Wildman–Crippen MR) is 79.6 cm³/mol. The van der Waals surface area contributed by atoms with Crippen LogP contribution in [0.5, 0.6) is 0 Å². The van der Waals surface area contributed by atoms with Crippen LogP contribution >= 0.6 is 11.8 Å². The van der Waals surface area contributed by atoms with Crippen molar-refractivity contribution in [3.05, 3.63) is 24.3 Å². The quantitative estimate of drug-likeness (QED) is 0.864. The Hall–Kier alpha value is -1.00. The van der Waals surface area contributed by atoms with Crippen LogP contribution in [0.3, 0.4) is 0 Å². The van der Waals surface area contributed by atoms with E-state index in [4.69, 9.17) is 4.42 Å². The summed E-state index contributed by atoms with van der Waals surface area (Å²) in [5, 5.41) is 4.84. The Kier molecular flexibility index (Phi) is 4.09. The maximum absolute atomic E-state index is 5.83. The molecule has 1 saturated carbocycles. The van der Waals surface area contributed by atoms with Crippen molar-refractivity contribution in [2.75, 3.05) is 7.05 Å². The van der Waals surface area contributed by atoms with E-state index >= 15 is 0 Å². The summed E-state index contributed by atoms with van der Waals surface area (Å²) in [6, 6.07) is 8.55. The highest BCUT2D eigenvalue weighted by Gasteiger charge is 2.25. The van der Waals surface area contributed by atoms with Crippen LogP contribution in [0.15, 0.2) is 33.9 Å². The first-order chi connectivity index (χ1) is 9.36. The van der Waals surface area contributed by atoms with Crippen molar-refractivity contribution >= 4 is 22.9 Å². The zero-order valence-corrected chi connectivity index (χ0v) is 12.1. The molecule has 4 heteroatoms. The minimum Gasteiger partial charge on any atom is -0.431 e. The third-order valence-electron chi connectivity index (χ3n) is 3.85. The Balaban J connectivity index is 1.78. The molecule has 1 N–H and O–H groups in total. The first-order valence-corrected chi connectivity index (χ1v) is 7.94. The molecule has 0 spiro atoms. The van der Waals surface area contributed by atoms with E-state index in [0.29, 0.717) is 11.3 Å². The topological polar surface area (TPSA) is 38.1 Å². The van der Waals surface area contributed by atoms with Crippen LogP contribution in [0.1, 0.15) is 32.1 Å². The molecule has 0 bridgehead atoms. The normalized spacial score (nSPS) is 24.5. The number of thioether (sulfide) groups is 1. The molecule has 2 atom stereocenters. The zero-order chi connectivity index (χ0) is 13.1. The van der Waals surface area contributed by atoms with E-state index in [1.54, 1.807) is 11.8 Å². The summed E-state index contributed by atoms with van der Waals surface area (Å²) in [6.45, 7) is 0. The number of para-hydroxylation sites is 2. The second kappa shape index (κ2) is 5.97. The number of hydrogen-bond donors (Lipinski definition) is 1. The highest BCUT2D eigenvalue weighted by Crippen LogP contribution is 2.34. The Bertz CT molecular complexity index is 507. The van der Waals surface area contributed by atoms with Gasteiger partial charge in [-0.1, -0.05) is 43.2 Å². The minimum atomic E-state index is 0.570. The van der Waals surface area contributed by atoms with Crippen LogP contribution in [0.2, 0.25) is 0 Å². The lowest BCUT2D eigenvalue weighted by Crippen LogP contribution is -2.34. The van der Waals surface area contributed by atoms with Gasteiger partial charge in [-0.05, 0) is 32.0 Å². The number of nitrogens with zero attached hydrogens (tertiary/aromatic N) is 1. The molecule has 2 aromatic rings. The van der Waals surface area contributed by atoms with E-state index in [1.165, 1.54) is 32.1 Å². The molecule has 0 aliphatic heterocycles. The Morgan fingerprint density at radius 3 is 2.89 bits per heavy atom. The van der Waals surface area contributed by atoms with Crippen LogP contribution in [0.4, 0.5) is 0 Å². The Morgan fingerprint density at radius 1 is 1.21 bits per heavy atom. The number of benzene rings is 1. The van der Waals surface area contributed by atoms with E-state index in [2.05, 4.69) is 17.3 Å². The Labute approximate surface area is 118 Å². The van der Waals surface area contributed by atoms with Gasteiger partial charge < -0.3 is 9.73 Å². The maximum Gasteiger partial charge on any atom is 0.257 e. The van der Waals surface area contributed by atoms with Crippen molar-refractivity contribution in [3.63, 3.8) is 0 Å². The molecular formula is C15H20N2OS. The van der Waals surface area contributed by atoms with Crippen molar-refractivity contribution < 1.29 is 4.42 Å². The van der Waals surface area contributed by atoms with Crippen LogP contribution in [0, 0.1) is 0 Å². The number of nitrogens with one attached hydrogen (secondary N) is 1. The third-order valence-corrected chi connectivity index (χ3v) is 5.09. The number of rotatable bonds is 3. The molecule has 0 saturated heterocycles. The van der Waals surface area contributed by atoms with Crippen LogP contribution in [0.25, 0.3) is 11.1 Å². The van der Waals surface area contributed by atoms with Crippen molar-refractivity contribution in [2.24, 2.45) is 0 Å². The van der Waals surface area contributed by atoms with Gasteiger partial charge in [0, 0.05) is 11.3 Å². The van der Waals surface area contributed by atoms with Gasteiger partial charge in [-0.15, -0.1) is 0 Å². The smallest absolute Gasteiger partial charge is 0.257 e. The summed E-state index contributed by atoms with van der Waals surface area (Å²) in [7, 11) is 2.07. The van der Waals surface area contributed by atoms with Crippen LogP contribution < -0.4 is 5.32 Å². The number of fused-ring (bicyclic) bond motifs is 1. The summed E-state index contributed by atoms with van der Waals surface area (Å²) in [5.41, 5.74) is 1.85.